The minimum absolute atomic E-state index is 0.147. The molecule has 0 amide bonds. The molecule has 0 unspecified atom stereocenters. The van der Waals surface area contributed by atoms with E-state index in [2.05, 4.69) is 20.2 Å². The van der Waals surface area contributed by atoms with Crippen LogP contribution >= 0.6 is 11.6 Å². The molecule has 0 fully saturated rings. The summed E-state index contributed by atoms with van der Waals surface area (Å²) in [5.74, 6) is 1.64. The van der Waals surface area contributed by atoms with Crippen molar-refractivity contribution in [3.05, 3.63) is 70.3 Å². The summed E-state index contributed by atoms with van der Waals surface area (Å²) in [7, 11) is 0. The maximum absolute atomic E-state index is 13.7. The molecule has 0 saturated carbocycles. The van der Waals surface area contributed by atoms with E-state index < -0.39 is 0 Å². The van der Waals surface area contributed by atoms with Gasteiger partial charge in [-0.25, -0.2) is 14.4 Å². The van der Waals surface area contributed by atoms with Crippen molar-refractivity contribution in [2.45, 2.75) is 19.5 Å². The lowest BCUT2D eigenvalue weighted by atomic mass is 10.1. The lowest BCUT2D eigenvalue weighted by Gasteiger charge is -2.28. The van der Waals surface area contributed by atoms with Gasteiger partial charge in [0, 0.05) is 49.6 Å². The van der Waals surface area contributed by atoms with Crippen molar-refractivity contribution in [1.29, 1.82) is 0 Å². The minimum atomic E-state index is -0.384. The molecule has 3 heterocycles. The SMILES string of the molecule is Fc1cc(CN2CCc3nc(Nc4ccc5c(c4)OCCO5)ncc3C2)ccc1Cl. The van der Waals surface area contributed by atoms with Gasteiger partial charge in [0.25, 0.3) is 0 Å². The highest BCUT2D eigenvalue weighted by molar-refractivity contribution is 6.30. The Hall–Kier alpha value is -2.90. The molecule has 0 atom stereocenters. The third kappa shape index (κ3) is 4.04. The summed E-state index contributed by atoms with van der Waals surface area (Å²) < 4.78 is 24.9. The maximum Gasteiger partial charge on any atom is 0.227 e. The van der Waals surface area contributed by atoms with Crippen LogP contribution in [0.4, 0.5) is 16.0 Å². The van der Waals surface area contributed by atoms with Crippen LogP contribution in [0.2, 0.25) is 5.02 Å². The number of ether oxygens (including phenoxy) is 2. The van der Waals surface area contributed by atoms with E-state index in [1.807, 2.05) is 30.5 Å². The zero-order valence-electron chi connectivity index (χ0n) is 16.2. The number of nitrogens with zero attached hydrogens (tertiary/aromatic N) is 3. The summed E-state index contributed by atoms with van der Waals surface area (Å²) >= 11 is 5.77. The van der Waals surface area contributed by atoms with Gasteiger partial charge in [0.1, 0.15) is 19.0 Å². The van der Waals surface area contributed by atoms with Gasteiger partial charge in [-0.3, -0.25) is 4.90 Å². The molecule has 154 valence electrons. The fourth-order valence-electron chi connectivity index (χ4n) is 3.72. The molecule has 2 aliphatic rings. The number of anilines is 2. The molecule has 0 bridgehead atoms. The Balaban J connectivity index is 1.27. The van der Waals surface area contributed by atoms with Crippen LogP contribution in [0.1, 0.15) is 16.8 Å². The van der Waals surface area contributed by atoms with Crippen molar-refractivity contribution in [3.63, 3.8) is 0 Å². The minimum Gasteiger partial charge on any atom is -0.486 e. The van der Waals surface area contributed by atoms with Crippen LogP contribution in [0, 0.1) is 5.82 Å². The fraction of sp³-hybridized carbons (Fsp3) is 0.273. The topological polar surface area (TPSA) is 59.5 Å². The molecule has 1 N–H and O–H groups in total. The van der Waals surface area contributed by atoms with Crippen LogP contribution in [0.3, 0.4) is 0 Å². The molecular weight excluding hydrogens is 407 g/mol. The number of rotatable bonds is 4. The predicted octanol–water partition coefficient (Wildman–Crippen LogP) is 4.34. The summed E-state index contributed by atoms with van der Waals surface area (Å²) in [6, 6.07) is 10.6. The first kappa shape index (κ1) is 19.1. The highest BCUT2D eigenvalue weighted by atomic mass is 35.5. The molecule has 0 saturated heterocycles. The van der Waals surface area contributed by atoms with E-state index in [1.54, 1.807) is 6.07 Å². The first-order valence-corrected chi connectivity index (χ1v) is 10.2. The van der Waals surface area contributed by atoms with Gasteiger partial charge in [0.15, 0.2) is 11.5 Å². The Morgan fingerprint density at radius 1 is 1.10 bits per heavy atom. The largest absolute Gasteiger partial charge is 0.486 e. The molecular formula is C22H20ClFN4O2. The molecule has 3 aromatic rings. The van der Waals surface area contributed by atoms with E-state index in [4.69, 9.17) is 21.1 Å². The summed E-state index contributed by atoms with van der Waals surface area (Å²) in [4.78, 5) is 11.4. The van der Waals surface area contributed by atoms with Crippen LogP contribution in [0.15, 0.2) is 42.6 Å². The lowest BCUT2D eigenvalue weighted by molar-refractivity contribution is 0.171. The summed E-state index contributed by atoms with van der Waals surface area (Å²) in [5.41, 5.74) is 3.87. The van der Waals surface area contributed by atoms with Gasteiger partial charge in [0.05, 0.1) is 10.7 Å². The van der Waals surface area contributed by atoms with E-state index in [0.717, 1.165) is 53.5 Å². The van der Waals surface area contributed by atoms with Crippen molar-refractivity contribution >= 4 is 23.2 Å². The number of nitrogens with one attached hydrogen (secondary N) is 1. The second-order valence-electron chi connectivity index (χ2n) is 7.36. The molecule has 8 heteroatoms. The normalized spacial score (nSPS) is 15.5. The first-order chi connectivity index (χ1) is 14.6. The van der Waals surface area contributed by atoms with Crippen LogP contribution in [-0.2, 0) is 19.5 Å². The van der Waals surface area contributed by atoms with Gasteiger partial charge < -0.3 is 14.8 Å². The third-order valence-electron chi connectivity index (χ3n) is 5.20. The van der Waals surface area contributed by atoms with Gasteiger partial charge >= 0.3 is 0 Å². The summed E-state index contributed by atoms with van der Waals surface area (Å²) in [6.45, 7) is 3.34. The molecule has 1 aromatic heterocycles. The number of hydrogen-bond acceptors (Lipinski definition) is 6. The molecule has 0 aliphatic carbocycles. The Kier molecular flexibility index (Phi) is 5.14. The van der Waals surface area contributed by atoms with E-state index in [1.165, 1.54) is 6.07 Å². The smallest absolute Gasteiger partial charge is 0.227 e. The first-order valence-electron chi connectivity index (χ1n) is 9.82. The predicted molar refractivity (Wildman–Crippen MR) is 112 cm³/mol. The van der Waals surface area contributed by atoms with Crippen LogP contribution < -0.4 is 14.8 Å². The average Bonchev–Trinajstić information content (AvgIpc) is 2.76. The zero-order chi connectivity index (χ0) is 20.5. The number of hydrogen-bond donors (Lipinski definition) is 1. The third-order valence-corrected chi connectivity index (χ3v) is 5.51. The molecule has 0 spiro atoms. The Bertz CT molecular complexity index is 1090. The Morgan fingerprint density at radius 2 is 1.97 bits per heavy atom. The van der Waals surface area contributed by atoms with E-state index in [0.29, 0.717) is 25.7 Å². The highest BCUT2D eigenvalue weighted by Crippen LogP contribution is 2.33. The van der Waals surface area contributed by atoms with E-state index in [-0.39, 0.29) is 10.8 Å². The van der Waals surface area contributed by atoms with Crippen molar-refractivity contribution in [1.82, 2.24) is 14.9 Å². The Labute approximate surface area is 178 Å². The van der Waals surface area contributed by atoms with Crippen molar-refractivity contribution in [2.75, 3.05) is 25.1 Å². The lowest BCUT2D eigenvalue weighted by Crippen LogP contribution is -2.31. The van der Waals surface area contributed by atoms with E-state index in [9.17, 15) is 4.39 Å². The van der Waals surface area contributed by atoms with Crippen molar-refractivity contribution in [2.24, 2.45) is 0 Å². The molecule has 2 aliphatic heterocycles. The number of aromatic nitrogens is 2. The van der Waals surface area contributed by atoms with Gasteiger partial charge in [-0.05, 0) is 29.8 Å². The maximum atomic E-state index is 13.7. The zero-order valence-corrected chi connectivity index (χ0v) is 17.0. The average molecular weight is 427 g/mol. The highest BCUT2D eigenvalue weighted by Gasteiger charge is 2.19. The molecule has 5 rings (SSSR count). The fourth-order valence-corrected chi connectivity index (χ4v) is 3.83. The van der Waals surface area contributed by atoms with Gasteiger partial charge in [-0.2, -0.15) is 0 Å². The van der Waals surface area contributed by atoms with Crippen molar-refractivity contribution < 1.29 is 13.9 Å². The standard InChI is InChI=1S/C22H20ClFN4O2/c23-17-3-1-14(9-18(17)24)12-28-6-5-19-15(13-28)11-25-22(27-19)26-16-2-4-20-21(10-16)30-8-7-29-20/h1-4,9-11H,5-8,12-13H2,(H,25,26,27). The van der Waals surface area contributed by atoms with Crippen LogP contribution in [0.5, 0.6) is 11.5 Å². The molecule has 2 aromatic carbocycles. The number of benzene rings is 2. The Morgan fingerprint density at radius 3 is 2.83 bits per heavy atom. The van der Waals surface area contributed by atoms with E-state index >= 15 is 0 Å². The molecule has 30 heavy (non-hydrogen) atoms. The van der Waals surface area contributed by atoms with Crippen molar-refractivity contribution in [3.8, 4) is 11.5 Å². The number of halogens is 2. The van der Waals surface area contributed by atoms with Gasteiger partial charge in [0.2, 0.25) is 5.95 Å². The second-order valence-corrected chi connectivity index (χ2v) is 7.77. The van der Waals surface area contributed by atoms with Gasteiger partial charge in [-0.1, -0.05) is 17.7 Å². The van der Waals surface area contributed by atoms with Crippen LogP contribution in [-0.4, -0.2) is 34.6 Å². The second kappa shape index (κ2) is 8.08. The summed E-state index contributed by atoms with van der Waals surface area (Å²) in [6.07, 6.45) is 2.67. The molecule has 6 nitrogen and oxygen atoms in total. The summed E-state index contributed by atoms with van der Waals surface area (Å²) in [5, 5.41) is 3.39. The van der Waals surface area contributed by atoms with Crippen LogP contribution in [0.25, 0.3) is 0 Å². The van der Waals surface area contributed by atoms with Gasteiger partial charge in [-0.15, -0.1) is 0 Å². The number of fused-ring (bicyclic) bond motifs is 2. The molecule has 0 radical (unpaired) electrons. The monoisotopic (exact) mass is 426 g/mol. The quantitative estimate of drug-likeness (QED) is 0.669.